The highest BCUT2D eigenvalue weighted by molar-refractivity contribution is 7.94. The van der Waals surface area contributed by atoms with E-state index in [2.05, 4.69) is 5.32 Å². The monoisotopic (exact) mass is 423 g/mol. The van der Waals surface area contributed by atoms with Crippen molar-refractivity contribution in [2.45, 2.75) is 32.7 Å². The summed E-state index contributed by atoms with van der Waals surface area (Å²) in [5.74, 6) is -1.68. The van der Waals surface area contributed by atoms with Gasteiger partial charge in [-0.25, -0.2) is 17.5 Å². The van der Waals surface area contributed by atoms with Gasteiger partial charge in [-0.3, -0.25) is 9.59 Å². The van der Waals surface area contributed by atoms with E-state index in [0.29, 0.717) is 32.5 Å². The molecule has 1 aromatic carbocycles. The third-order valence-corrected chi connectivity index (χ3v) is 6.93. The van der Waals surface area contributed by atoms with E-state index in [1.807, 2.05) is 0 Å². The second-order valence-corrected chi connectivity index (χ2v) is 9.13. The van der Waals surface area contributed by atoms with Gasteiger partial charge in [0.2, 0.25) is 15.9 Å². The zero-order chi connectivity index (χ0) is 21.2. The van der Waals surface area contributed by atoms with E-state index in [-0.39, 0.29) is 35.0 Å². The summed E-state index contributed by atoms with van der Waals surface area (Å²) in [5, 5.41) is 2.91. The molecule has 10 heteroatoms. The normalized spacial score (nSPS) is 21.9. The number of sulfonamides is 1. The summed E-state index contributed by atoms with van der Waals surface area (Å²) < 4.78 is 30.3. The zero-order valence-corrected chi connectivity index (χ0v) is 17.3. The number of piperidine rings is 1. The number of nitrogens with zero attached hydrogens (tertiary/aromatic N) is 2. The molecule has 3 rings (SSSR count). The number of rotatable bonds is 4. The van der Waals surface area contributed by atoms with Crippen LogP contribution in [0, 0.1) is 5.92 Å². The molecule has 158 valence electrons. The van der Waals surface area contributed by atoms with Gasteiger partial charge in [-0.05, 0) is 38.0 Å². The number of likely N-dealkylation sites (tertiary alicyclic amines) is 1. The van der Waals surface area contributed by atoms with Crippen molar-refractivity contribution in [3.63, 3.8) is 0 Å². The molecule has 3 amide bonds. The molecule has 0 saturated carbocycles. The summed E-state index contributed by atoms with van der Waals surface area (Å²) in [4.78, 5) is 38.2. The van der Waals surface area contributed by atoms with Gasteiger partial charge in [0.25, 0.3) is 5.91 Å². The van der Waals surface area contributed by atoms with Crippen LogP contribution in [-0.4, -0.2) is 62.7 Å². The average molecular weight is 423 g/mol. The second-order valence-electron chi connectivity index (χ2n) is 7.27. The standard InChI is InChI=1S/C19H25N3O6S/c1-3-28-19(25)21-9-7-15(8-10-21)20-17(23)14-5-4-6-16(11-14)22-18(24)13(2)12-29(22,26)27/h4-6,11,13,15H,3,7-10,12H2,1-2H3,(H,20,23)/t13-/m0/s1. The van der Waals surface area contributed by atoms with Crippen LogP contribution in [-0.2, 0) is 19.6 Å². The van der Waals surface area contributed by atoms with Gasteiger partial charge in [-0.1, -0.05) is 13.0 Å². The minimum Gasteiger partial charge on any atom is -0.450 e. The fourth-order valence-corrected chi connectivity index (χ4v) is 5.36. The average Bonchev–Trinajstić information content (AvgIpc) is 2.89. The van der Waals surface area contributed by atoms with Crippen molar-refractivity contribution >= 4 is 33.6 Å². The van der Waals surface area contributed by atoms with Gasteiger partial charge < -0.3 is 15.0 Å². The lowest BCUT2D eigenvalue weighted by Crippen LogP contribution is -2.46. The smallest absolute Gasteiger partial charge is 0.409 e. The molecule has 29 heavy (non-hydrogen) atoms. The van der Waals surface area contributed by atoms with Crippen molar-refractivity contribution in [3.05, 3.63) is 29.8 Å². The van der Waals surface area contributed by atoms with Crippen LogP contribution < -0.4 is 9.62 Å². The number of benzene rings is 1. The molecule has 2 aliphatic rings. The summed E-state index contributed by atoms with van der Waals surface area (Å²) in [5.41, 5.74) is 0.446. The van der Waals surface area contributed by atoms with Gasteiger partial charge in [0.15, 0.2) is 0 Å². The zero-order valence-electron chi connectivity index (χ0n) is 16.5. The Balaban J connectivity index is 1.65. The van der Waals surface area contributed by atoms with Crippen molar-refractivity contribution < 1.29 is 27.5 Å². The molecule has 0 bridgehead atoms. The maximum Gasteiger partial charge on any atom is 0.409 e. The Bertz CT molecular complexity index is 908. The van der Waals surface area contributed by atoms with E-state index < -0.39 is 21.8 Å². The lowest BCUT2D eigenvalue weighted by Gasteiger charge is -2.31. The number of carbonyl (C=O) groups excluding carboxylic acids is 3. The van der Waals surface area contributed by atoms with Crippen LogP contribution in [0.15, 0.2) is 24.3 Å². The SMILES string of the molecule is CCOC(=O)N1CCC(NC(=O)c2cccc(N3C(=O)[C@@H](C)CS3(=O)=O)c2)CC1. The number of carbonyl (C=O) groups is 3. The number of amides is 3. The highest BCUT2D eigenvalue weighted by Crippen LogP contribution is 2.28. The fraction of sp³-hybridized carbons (Fsp3) is 0.526. The molecule has 1 N–H and O–H groups in total. The molecular weight excluding hydrogens is 398 g/mol. The van der Waals surface area contributed by atoms with Gasteiger partial charge in [0, 0.05) is 24.7 Å². The summed E-state index contributed by atoms with van der Waals surface area (Å²) in [6.45, 7) is 4.62. The first-order chi connectivity index (χ1) is 13.7. The van der Waals surface area contributed by atoms with E-state index in [4.69, 9.17) is 4.74 Å². The predicted octanol–water partition coefficient (Wildman–Crippen LogP) is 1.35. The first-order valence-corrected chi connectivity index (χ1v) is 11.2. The van der Waals surface area contributed by atoms with Crippen LogP contribution in [0.4, 0.5) is 10.5 Å². The van der Waals surface area contributed by atoms with Crippen LogP contribution >= 0.6 is 0 Å². The van der Waals surface area contributed by atoms with Crippen molar-refractivity contribution in [2.75, 3.05) is 29.8 Å². The Morgan fingerprint density at radius 3 is 2.52 bits per heavy atom. The van der Waals surface area contributed by atoms with Gasteiger partial charge in [-0.2, -0.15) is 0 Å². The number of anilines is 1. The number of hydrogen-bond acceptors (Lipinski definition) is 6. The summed E-state index contributed by atoms with van der Waals surface area (Å²) >= 11 is 0. The third kappa shape index (κ3) is 4.52. The maximum absolute atomic E-state index is 12.6. The number of nitrogens with one attached hydrogen (secondary N) is 1. The molecule has 2 aliphatic heterocycles. The predicted molar refractivity (Wildman–Crippen MR) is 106 cm³/mol. The molecule has 1 aromatic rings. The third-order valence-electron chi connectivity index (χ3n) is 5.06. The first-order valence-electron chi connectivity index (χ1n) is 9.62. The van der Waals surface area contributed by atoms with E-state index >= 15 is 0 Å². The molecular formula is C19H25N3O6S. The molecule has 2 saturated heterocycles. The second kappa shape index (κ2) is 8.40. The number of ether oxygens (including phenoxy) is 1. The Labute approximate surface area is 170 Å². The van der Waals surface area contributed by atoms with Crippen LogP contribution in [0.5, 0.6) is 0 Å². The molecule has 2 heterocycles. The summed E-state index contributed by atoms with van der Waals surface area (Å²) in [6.07, 6.45) is 0.845. The first kappa shape index (κ1) is 21.1. The Hall–Kier alpha value is -2.62. The van der Waals surface area contributed by atoms with Gasteiger partial charge >= 0.3 is 6.09 Å². The Morgan fingerprint density at radius 1 is 1.24 bits per heavy atom. The van der Waals surface area contributed by atoms with Crippen molar-refractivity contribution in [3.8, 4) is 0 Å². The lowest BCUT2D eigenvalue weighted by molar-refractivity contribution is -0.119. The largest absolute Gasteiger partial charge is 0.450 e. The van der Waals surface area contributed by atoms with E-state index in [0.717, 1.165) is 4.31 Å². The van der Waals surface area contributed by atoms with Gasteiger partial charge in [-0.15, -0.1) is 0 Å². The van der Waals surface area contributed by atoms with Crippen LogP contribution in [0.2, 0.25) is 0 Å². The van der Waals surface area contributed by atoms with Gasteiger partial charge in [0.1, 0.15) is 0 Å². The summed E-state index contributed by atoms with van der Waals surface area (Å²) in [6, 6.07) is 5.94. The van der Waals surface area contributed by atoms with E-state index in [1.165, 1.54) is 12.1 Å². The minimum atomic E-state index is -3.72. The summed E-state index contributed by atoms with van der Waals surface area (Å²) in [7, 11) is -3.72. The van der Waals surface area contributed by atoms with Crippen molar-refractivity contribution in [1.29, 1.82) is 0 Å². The quantitative estimate of drug-likeness (QED) is 0.782. The molecule has 1 atom stereocenters. The molecule has 9 nitrogen and oxygen atoms in total. The van der Waals surface area contributed by atoms with E-state index in [9.17, 15) is 22.8 Å². The lowest BCUT2D eigenvalue weighted by atomic mass is 10.0. The molecule has 0 aliphatic carbocycles. The number of hydrogen-bond donors (Lipinski definition) is 1. The van der Waals surface area contributed by atoms with Crippen molar-refractivity contribution in [2.24, 2.45) is 5.92 Å². The molecule has 0 unspecified atom stereocenters. The maximum atomic E-state index is 12.6. The Morgan fingerprint density at radius 2 is 1.93 bits per heavy atom. The highest BCUT2D eigenvalue weighted by Gasteiger charge is 2.42. The Kier molecular flexibility index (Phi) is 6.11. The molecule has 0 radical (unpaired) electrons. The molecule has 0 spiro atoms. The van der Waals surface area contributed by atoms with Crippen LogP contribution in [0.3, 0.4) is 0 Å². The fourth-order valence-electron chi connectivity index (χ4n) is 3.55. The highest BCUT2D eigenvalue weighted by atomic mass is 32.2. The van der Waals surface area contributed by atoms with Crippen molar-refractivity contribution in [1.82, 2.24) is 10.2 Å². The van der Waals surface area contributed by atoms with Crippen LogP contribution in [0.1, 0.15) is 37.0 Å². The minimum absolute atomic E-state index is 0.103. The molecule has 2 fully saturated rings. The van der Waals surface area contributed by atoms with Gasteiger partial charge in [0.05, 0.1) is 24.0 Å². The van der Waals surface area contributed by atoms with E-state index in [1.54, 1.807) is 30.9 Å². The topological polar surface area (TPSA) is 113 Å². The molecule has 0 aromatic heterocycles. The van der Waals surface area contributed by atoms with Crippen LogP contribution in [0.25, 0.3) is 0 Å².